The lowest BCUT2D eigenvalue weighted by Gasteiger charge is -2.24. The summed E-state index contributed by atoms with van der Waals surface area (Å²) >= 11 is 1.50. The highest BCUT2D eigenvalue weighted by atomic mass is 32.1. The fraction of sp³-hybridized carbons (Fsp3) is 0.227. The standard InChI is InChI=1S/C22H20N4O3S/c1-3-29-15-7-8-17-18(10-15)30-22(23-17)26-21-20(12(2)25-26)16(11-19(28)24-21)13-5-4-6-14(27)9-13/h4-10,16,27H,3,11H2,1-2H3,(H,24,28)/t16-/m1/s1. The van der Waals surface area contributed by atoms with Crippen molar-refractivity contribution >= 4 is 33.3 Å². The first-order valence-corrected chi connectivity index (χ1v) is 10.6. The number of carbonyl (C=O) groups is 1. The quantitative estimate of drug-likeness (QED) is 0.512. The van der Waals surface area contributed by atoms with Gasteiger partial charge in [-0.05, 0) is 49.7 Å². The van der Waals surface area contributed by atoms with Gasteiger partial charge >= 0.3 is 0 Å². The summed E-state index contributed by atoms with van der Waals surface area (Å²) in [6.07, 6.45) is 0.306. The van der Waals surface area contributed by atoms with E-state index in [9.17, 15) is 9.90 Å². The first-order valence-electron chi connectivity index (χ1n) is 9.75. The van der Waals surface area contributed by atoms with Crippen molar-refractivity contribution in [2.45, 2.75) is 26.2 Å². The second-order valence-electron chi connectivity index (χ2n) is 7.22. The molecule has 1 amide bonds. The van der Waals surface area contributed by atoms with Gasteiger partial charge in [-0.15, -0.1) is 0 Å². The Labute approximate surface area is 176 Å². The maximum absolute atomic E-state index is 12.5. The molecule has 8 heteroatoms. The van der Waals surface area contributed by atoms with E-state index in [1.807, 2.05) is 38.1 Å². The molecular formula is C22H20N4O3S. The van der Waals surface area contributed by atoms with E-state index in [0.29, 0.717) is 24.0 Å². The van der Waals surface area contributed by atoms with E-state index in [-0.39, 0.29) is 17.6 Å². The molecule has 0 radical (unpaired) electrons. The largest absolute Gasteiger partial charge is 0.508 e. The van der Waals surface area contributed by atoms with Crippen molar-refractivity contribution in [3.8, 4) is 16.6 Å². The van der Waals surface area contributed by atoms with Crippen LogP contribution in [0.25, 0.3) is 15.3 Å². The number of aryl methyl sites for hydroxylation is 1. The fourth-order valence-electron chi connectivity index (χ4n) is 3.95. The molecule has 1 atom stereocenters. The summed E-state index contributed by atoms with van der Waals surface area (Å²) < 4.78 is 8.29. The molecule has 0 bridgehead atoms. The van der Waals surface area contributed by atoms with Crippen LogP contribution in [0.2, 0.25) is 0 Å². The van der Waals surface area contributed by atoms with Crippen LogP contribution in [0.4, 0.5) is 5.82 Å². The van der Waals surface area contributed by atoms with Crippen molar-refractivity contribution in [2.24, 2.45) is 0 Å². The molecule has 0 saturated carbocycles. The highest BCUT2D eigenvalue weighted by Gasteiger charge is 2.33. The van der Waals surface area contributed by atoms with E-state index in [0.717, 1.165) is 32.8 Å². The van der Waals surface area contributed by atoms with Gasteiger partial charge in [-0.3, -0.25) is 4.79 Å². The molecule has 152 valence electrons. The zero-order valence-corrected chi connectivity index (χ0v) is 17.4. The number of fused-ring (bicyclic) bond motifs is 2. The number of rotatable bonds is 4. The molecule has 1 aliphatic heterocycles. The van der Waals surface area contributed by atoms with E-state index < -0.39 is 0 Å². The summed E-state index contributed by atoms with van der Waals surface area (Å²) in [5.41, 5.74) is 3.52. The van der Waals surface area contributed by atoms with E-state index in [4.69, 9.17) is 14.8 Å². The Kier molecular flexibility index (Phi) is 4.43. The van der Waals surface area contributed by atoms with Gasteiger partial charge in [-0.25, -0.2) is 4.98 Å². The second-order valence-corrected chi connectivity index (χ2v) is 8.23. The number of aromatic hydroxyl groups is 1. The molecule has 2 aromatic heterocycles. The molecule has 0 unspecified atom stereocenters. The predicted octanol–water partition coefficient (Wildman–Crippen LogP) is 4.37. The Balaban J connectivity index is 1.63. The van der Waals surface area contributed by atoms with Crippen LogP contribution in [0.15, 0.2) is 42.5 Å². The normalized spacial score (nSPS) is 15.8. The molecule has 0 spiro atoms. The number of nitrogens with one attached hydrogen (secondary N) is 1. The second kappa shape index (κ2) is 7.14. The monoisotopic (exact) mass is 420 g/mol. The first kappa shape index (κ1) is 18.6. The Morgan fingerprint density at radius 1 is 1.30 bits per heavy atom. The number of carbonyl (C=O) groups excluding carboxylic acids is 1. The third-order valence-electron chi connectivity index (χ3n) is 5.22. The number of aromatic nitrogens is 3. The summed E-state index contributed by atoms with van der Waals surface area (Å²) in [5.74, 6) is 1.36. The molecular weight excluding hydrogens is 400 g/mol. The van der Waals surface area contributed by atoms with Crippen LogP contribution in [0.3, 0.4) is 0 Å². The number of phenols is 1. The summed E-state index contributed by atoms with van der Waals surface area (Å²) in [4.78, 5) is 17.2. The van der Waals surface area contributed by atoms with Crippen molar-refractivity contribution < 1.29 is 14.6 Å². The van der Waals surface area contributed by atoms with Crippen molar-refractivity contribution in [2.75, 3.05) is 11.9 Å². The summed E-state index contributed by atoms with van der Waals surface area (Å²) in [6.45, 7) is 4.49. The van der Waals surface area contributed by atoms with Gasteiger partial charge in [0, 0.05) is 17.9 Å². The third kappa shape index (κ3) is 3.09. The number of anilines is 1. The van der Waals surface area contributed by atoms with Gasteiger partial charge in [-0.1, -0.05) is 23.5 Å². The molecule has 0 aliphatic carbocycles. The molecule has 4 aromatic rings. The average molecular weight is 420 g/mol. The number of phenolic OH excluding ortho intramolecular Hbond substituents is 1. The van der Waals surface area contributed by atoms with Crippen molar-refractivity contribution in [3.63, 3.8) is 0 Å². The Morgan fingerprint density at radius 3 is 2.97 bits per heavy atom. The average Bonchev–Trinajstić information content (AvgIpc) is 3.28. The summed E-state index contributed by atoms with van der Waals surface area (Å²) in [7, 11) is 0. The number of benzene rings is 2. The minimum atomic E-state index is -0.173. The Hall–Kier alpha value is -3.39. The highest BCUT2D eigenvalue weighted by Crippen LogP contribution is 2.41. The number of hydrogen-bond acceptors (Lipinski definition) is 6. The molecule has 7 nitrogen and oxygen atoms in total. The maximum Gasteiger partial charge on any atom is 0.226 e. The molecule has 2 N–H and O–H groups in total. The molecule has 3 heterocycles. The summed E-state index contributed by atoms with van der Waals surface area (Å²) in [5, 5.41) is 18.3. The van der Waals surface area contributed by atoms with Crippen LogP contribution in [0, 0.1) is 6.92 Å². The minimum absolute atomic E-state index is 0.0864. The number of ether oxygens (including phenoxy) is 1. The highest BCUT2D eigenvalue weighted by molar-refractivity contribution is 7.20. The fourth-order valence-corrected chi connectivity index (χ4v) is 4.90. The van der Waals surface area contributed by atoms with Gasteiger partial charge in [0.1, 0.15) is 17.3 Å². The van der Waals surface area contributed by atoms with Gasteiger partial charge < -0.3 is 15.2 Å². The first-order chi connectivity index (χ1) is 14.5. The Bertz CT molecular complexity index is 1280. The molecule has 5 rings (SSSR count). The van der Waals surface area contributed by atoms with Crippen LogP contribution >= 0.6 is 11.3 Å². The maximum atomic E-state index is 12.5. The predicted molar refractivity (Wildman–Crippen MR) is 116 cm³/mol. The van der Waals surface area contributed by atoms with E-state index in [1.54, 1.807) is 22.9 Å². The van der Waals surface area contributed by atoms with Crippen LogP contribution in [0.5, 0.6) is 11.5 Å². The zero-order valence-electron chi connectivity index (χ0n) is 16.5. The van der Waals surface area contributed by atoms with Crippen molar-refractivity contribution in [1.29, 1.82) is 0 Å². The number of hydrogen-bond donors (Lipinski definition) is 2. The third-order valence-corrected chi connectivity index (χ3v) is 6.21. The van der Waals surface area contributed by atoms with Crippen LogP contribution in [-0.4, -0.2) is 32.4 Å². The lowest BCUT2D eigenvalue weighted by Crippen LogP contribution is -2.24. The van der Waals surface area contributed by atoms with Crippen molar-refractivity contribution in [1.82, 2.24) is 14.8 Å². The van der Waals surface area contributed by atoms with Crippen LogP contribution < -0.4 is 10.1 Å². The lowest BCUT2D eigenvalue weighted by molar-refractivity contribution is -0.116. The number of amides is 1. The number of thiazole rings is 1. The van der Waals surface area contributed by atoms with Gasteiger partial charge in [0.05, 0.1) is 22.5 Å². The van der Waals surface area contributed by atoms with Gasteiger partial charge in [0.2, 0.25) is 11.0 Å². The van der Waals surface area contributed by atoms with Gasteiger partial charge in [-0.2, -0.15) is 9.78 Å². The minimum Gasteiger partial charge on any atom is -0.508 e. The molecule has 0 saturated heterocycles. The molecule has 30 heavy (non-hydrogen) atoms. The van der Waals surface area contributed by atoms with E-state index in [1.165, 1.54) is 11.3 Å². The summed E-state index contributed by atoms with van der Waals surface area (Å²) in [6, 6.07) is 12.8. The van der Waals surface area contributed by atoms with Gasteiger partial charge in [0.15, 0.2) is 0 Å². The molecule has 1 aliphatic rings. The zero-order chi connectivity index (χ0) is 20.8. The van der Waals surface area contributed by atoms with Crippen molar-refractivity contribution in [3.05, 3.63) is 59.3 Å². The Morgan fingerprint density at radius 2 is 2.17 bits per heavy atom. The molecule has 0 fully saturated rings. The lowest BCUT2D eigenvalue weighted by atomic mass is 9.86. The van der Waals surface area contributed by atoms with E-state index in [2.05, 4.69) is 5.32 Å². The molecule has 2 aromatic carbocycles. The number of nitrogens with zero attached hydrogens (tertiary/aromatic N) is 3. The topological polar surface area (TPSA) is 89.3 Å². The van der Waals surface area contributed by atoms with E-state index >= 15 is 0 Å². The van der Waals surface area contributed by atoms with Crippen LogP contribution in [0.1, 0.15) is 36.1 Å². The van der Waals surface area contributed by atoms with Crippen LogP contribution in [-0.2, 0) is 4.79 Å². The smallest absolute Gasteiger partial charge is 0.226 e. The SMILES string of the molecule is CCOc1ccc2nc(-n3nc(C)c4c3NC(=O)C[C@@H]4c3cccc(O)c3)sc2c1. The van der Waals surface area contributed by atoms with Gasteiger partial charge in [0.25, 0.3) is 0 Å².